The van der Waals surface area contributed by atoms with E-state index >= 15 is 0 Å². The number of carbonyl (C=O) groups excluding carboxylic acids is 5. The van der Waals surface area contributed by atoms with Crippen LogP contribution in [0.3, 0.4) is 0 Å². The molecular formula is C93H116F12N16O9S2. The summed E-state index contributed by atoms with van der Waals surface area (Å²) in [6.45, 7) is 27.1. The normalized spacial score (nSPS) is 18.4. The summed E-state index contributed by atoms with van der Waals surface area (Å²) < 4.78 is 213. The Balaban J connectivity index is 0.000000150. The van der Waals surface area contributed by atoms with Crippen LogP contribution in [0.2, 0.25) is 0 Å². The Morgan fingerprint density at radius 3 is 0.902 bits per heavy atom. The number of amides is 5. The van der Waals surface area contributed by atoms with Crippen molar-refractivity contribution in [3.05, 3.63) is 209 Å². The van der Waals surface area contributed by atoms with Gasteiger partial charge in [-0.1, -0.05) is 107 Å². The molecule has 0 radical (unpaired) electrons. The molecule has 0 aliphatic carbocycles. The maximum Gasteiger partial charge on any atom is 0.416 e. The Morgan fingerprint density at radius 1 is 0.356 bits per heavy atom. The largest absolute Gasteiger partial charge is 0.416 e. The van der Waals surface area contributed by atoms with Gasteiger partial charge < -0.3 is 24.5 Å². The van der Waals surface area contributed by atoms with Crippen LogP contribution in [0.4, 0.5) is 52.7 Å². The standard InChI is InChI=1S/C24H29F3N4O2.2C23H29F3N4O3S.C23H29F3N4O/c1-23(2,3)22(33)31-13-10-17-19(14-31)28-29-20(17)21(32)30-11-8-15(9-12-30)16-6-4-5-7-18(16)24(25,26)27;1-22(2,3)34(32,33)30-13-10-17-19(14-30)27-28-20(17)21(31)29-11-8-15(9-12-29)16-6-4-5-7-18(16)23(24,25)26;1-15(2)14-34(32,33)30-12-9-18-20(13-30)27-28-21(18)22(31)29-10-7-16(8-11-29)17-5-3-4-6-19(17)23(24,25)26;1-22(2,3)30-13-10-17-19(14-30)27-28-20(17)21(31)29-11-8-15(9-12-29)16-6-4-5-7-18(16)23(24,25)26/h4-7,15H,8-14H2,1-3H3,(H,28,29);4-7,15H,8-14H2,1-3H3,(H,27,28);3-6,15-16H,7-14H2,1-2H3,(H,27,28);4-7,15H,8-14H2,1-3H3,(H,27,28). The van der Waals surface area contributed by atoms with Crippen LogP contribution >= 0.6 is 0 Å². The van der Waals surface area contributed by atoms with Gasteiger partial charge in [-0.3, -0.25) is 49.3 Å². The van der Waals surface area contributed by atoms with Crippen LogP contribution in [0.5, 0.6) is 0 Å². The maximum absolute atomic E-state index is 13.4. The van der Waals surface area contributed by atoms with Gasteiger partial charge in [-0.2, -0.15) is 81.7 Å². The van der Waals surface area contributed by atoms with E-state index in [4.69, 9.17) is 0 Å². The van der Waals surface area contributed by atoms with E-state index in [0.29, 0.717) is 170 Å². The number of H-pyrrole nitrogens is 4. The molecule has 718 valence electrons. The SMILES string of the molecule is CC(C)(C)C(=O)N1CCc2c(C(=O)N3CCC(c4ccccc4C(F)(F)F)CC3)n[nH]c2C1.CC(C)(C)N1CCc2c(C(=O)N3CCC(c4ccccc4C(F)(F)F)CC3)n[nH]c2C1.CC(C)(C)S(=O)(=O)N1CCc2c(C(=O)N3CCC(c4ccccc4C(F)(F)F)CC3)n[nH]c2C1.CC(C)CS(=O)(=O)N1CCc2c(C(=O)N3CCC(c4ccccc4C(F)(F)F)CC3)n[nH]c2C1. The number of fused-ring (bicyclic) bond motifs is 4. The molecule has 0 bridgehead atoms. The summed E-state index contributed by atoms with van der Waals surface area (Å²) >= 11 is 0. The number of benzene rings is 4. The van der Waals surface area contributed by atoms with Crippen LogP contribution in [0.25, 0.3) is 0 Å². The van der Waals surface area contributed by atoms with E-state index < -0.39 is 77.2 Å². The van der Waals surface area contributed by atoms with Crippen molar-refractivity contribution < 1.29 is 93.5 Å². The number of hydrogen-bond acceptors (Lipinski definition) is 14. The lowest BCUT2D eigenvalue weighted by molar-refractivity contribution is -0.140. The second-order valence-electron chi connectivity index (χ2n) is 38.7. The Morgan fingerprint density at radius 2 is 0.621 bits per heavy atom. The van der Waals surface area contributed by atoms with E-state index in [1.165, 1.54) is 45.0 Å². The van der Waals surface area contributed by atoms with E-state index in [1.807, 2.05) is 34.6 Å². The molecule has 4 aromatic heterocycles. The zero-order valence-corrected chi connectivity index (χ0v) is 77.7. The van der Waals surface area contributed by atoms with Gasteiger partial charge in [0.2, 0.25) is 26.0 Å². The number of carbonyl (C=O) groups is 5. The van der Waals surface area contributed by atoms with Gasteiger partial charge in [0.15, 0.2) is 22.8 Å². The summed E-state index contributed by atoms with van der Waals surface area (Å²) in [6.07, 6.45) is -11.8. The Kier molecular flexibility index (Phi) is 29.5. The lowest BCUT2D eigenvalue weighted by Crippen LogP contribution is -2.45. The third kappa shape index (κ3) is 22.3. The fraction of sp³-hybridized carbons (Fsp3) is 0.559. The highest BCUT2D eigenvalue weighted by Crippen LogP contribution is 2.45. The highest BCUT2D eigenvalue weighted by molar-refractivity contribution is 7.90. The highest BCUT2D eigenvalue weighted by Gasteiger charge is 2.46. The number of alkyl halides is 12. The van der Waals surface area contributed by atoms with Crippen molar-refractivity contribution in [3.8, 4) is 0 Å². The van der Waals surface area contributed by atoms with Gasteiger partial charge in [-0.25, -0.2) is 16.8 Å². The molecule has 12 heterocycles. The van der Waals surface area contributed by atoms with Crippen molar-refractivity contribution in [2.24, 2.45) is 11.3 Å². The first-order valence-electron chi connectivity index (χ1n) is 44.9. The molecule has 8 aliphatic rings. The minimum atomic E-state index is -4.41. The second kappa shape index (κ2) is 39.1. The Bertz CT molecular complexity index is 5710. The van der Waals surface area contributed by atoms with Gasteiger partial charge in [0.25, 0.3) is 23.6 Å². The summed E-state index contributed by atoms with van der Waals surface area (Å²) in [5.74, 6) is -1.71. The molecule has 0 atom stereocenters. The molecule has 132 heavy (non-hydrogen) atoms. The Labute approximate surface area is 761 Å². The number of nitrogens with one attached hydrogen (secondary N) is 4. The molecule has 4 aromatic carbocycles. The lowest BCUT2D eigenvalue weighted by atomic mass is 9.86. The molecule has 0 spiro atoms. The number of halogens is 12. The molecule has 39 heteroatoms. The van der Waals surface area contributed by atoms with Gasteiger partial charge >= 0.3 is 24.7 Å². The molecule has 16 rings (SSSR count). The third-order valence-electron chi connectivity index (χ3n) is 26.4. The first kappa shape index (κ1) is 99.5. The van der Waals surface area contributed by atoms with E-state index in [2.05, 4.69) is 66.5 Å². The van der Waals surface area contributed by atoms with Crippen molar-refractivity contribution in [1.29, 1.82) is 0 Å². The number of likely N-dealkylation sites (tertiary alicyclic amines) is 4. The van der Waals surface area contributed by atoms with E-state index in [9.17, 15) is 93.5 Å². The van der Waals surface area contributed by atoms with Crippen molar-refractivity contribution in [3.63, 3.8) is 0 Å². The van der Waals surface area contributed by atoms with Crippen LogP contribution in [0, 0.1) is 11.3 Å². The van der Waals surface area contributed by atoms with Gasteiger partial charge in [-0.05, 0) is 195 Å². The topological polar surface area (TPSA) is 294 Å². The van der Waals surface area contributed by atoms with Crippen LogP contribution < -0.4 is 0 Å². The number of rotatable bonds is 12. The van der Waals surface area contributed by atoms with Gasteiger partial charge in [-0.15, -0.1) is 0 Å². The monoisotopic (exact) mass is 1890 g/mol. The number of nitrogens with zero attached hydrogens (tertiary/aromatic N) is 12. The summed E-state index contributed by atoms with van der Waals surface area (Å²) in [6, 6.07) is 22.7. The van der Waals surface area contributed by atoms with E-state index in [1.54, 1.807) is 81.7 Å². The quantitative estimate of drug-likeness (QED) is 0.0827. The lowest BCUT2D eigenvalue weighted by Gasteiger charge is -2.38. The second-order valence-corrected chi connectivity index (χ2v) is 43.5. The fourth-order valence-electron chi connectivity index (χ4n) is 19.1. The smallest absolute Gasteiger partial charge is 0.337 e. The van der Waals surface area contributed by atoms with E-state index in [-0.39, 0.29) is 119 Å². The van der Waals surface area contributed by atoms with Gasteiger partial charge in [0, 0.05) is 118 Å². The third-order valence-corrected chi connectivity index (χ3v) is 31.1. The van der Waals surface area contributed by atoms with Gasteiger partial charge in [0.05, 0.1) is 75.2 Å². The average molecular weight is 1890 g/mol. The van der Waals surface area contributed by atoms with Crippen molar-refractivity contribution >= 4 is 49.6 Å². The zero-order valence-electron chi connectivity index (χ0n) is 76.0. The molecule has 0 unspecified atom stereocenters. The molecule has 8 aliphatic heterocycles. The molecular weight excluding hydrogens is 1780 g/mol. The summed E-state index contributed by atoms with van der Waals surface area (Å²) in [4.78, 5) is 76.0. The number of hydrogen-bond donors (Lipinski definition) is 4. The van der Waals surface area contributed by atoms with E-state index in [0.717, 1.165) is 77.4 Å². The molecule has 4 saturated heterocycles. The number of piperidine rings is 4. The fourth-order valence-corrected chi connectivity index (χ4v) is 22.3. The first-order valence-corrected chi connectivity index (χ1v) is 47.9. The number of aromatic nitrogens is 8. The van der Waals surface area contributed by atoms with Crippen molar-refractivity contribution in [2.45, 2.75) is 238 Å². The molecule has 4 N–H and O–H groups in total. The number of sulfonamides is 2. The minimum Gasteiger partial charge on any atom is -0.337 e. The molecule has 0 saturated carbocycles. The highest BCUT2D eigenvalue weighted by atomic mass is 32.2. The maximum atomic E-state index is 13.4. The van der Waals surface area contributed by atoms with Crippen molar-refractivity contribution in [2.75, 3.05) is 84.3 Å². The van der Waals surface area contributed by atoms with Crippen LogP contribution in [-0.4, -0.2) is 220 Å². The zero-order chi connectivity index (χ0) is 95.9. The predicted molar refractivity (Wildman–Crippen MR) is 470 cm³/mol. The van der Waals surface area contributed by atoms with Crippen LogP contribution in [0.15, 0.2) is 97.1 Å². The van der Waals surface area contributed by atoms with Crippen molar-refractivity contribution in [1.82, 2.24) is 78.8 Å². The van der Waals surface area contributed by atoms with Crippen LogP contribution in [-0.2, 0) is 101 Å². The minimum absolute atomic E-state index is 0.0105. The predicted octanol–water partition coefficient (Wildman–Crippen LogP) is 16.7. The summed E-state index contributed by atoms with van der Waals surface area (Å²) in [5.41, 5.74) is 6.01. The molecule has 8 aromatic rings. The Hall–Kier alpha value is -9.99. The summed E-state index contributed by atoms with van der Waals surface area (Å²) in [7, 11) is -6.90. The van der Waals surface area contributed by atoms with Crippen LogP contribution in [0.1, 0.15) is 283 Å². The molecule has 4 fully saturated rings. The summed E-state index contributed by atoms with van der Waals surface area (Å²) in [5, 5.41) is 28.6. The average Bonchev–Trinajstić information content (AvgIpc) is 1.54. The molecule has 25 nitrogen and oxygen atoms in total. The first-order chi connectivity index (χ1) is 61.8. The number of aromatic amines is 4. The molecule has 5 amide bonds. The van der Waals surface area contributed by atoms with Gasteiger partial charge in [0.1, 0.15) is 0 Å².